The van der Waals surface area contributed by atoms with Crippen LogP contribution in [-0.2, 0) is 12.7 Å². The topological polar surface area (TPSA) is 53.6 Å². The molecule has 0 aliphatic heterocycles. The van der Waals surface area contributed by atoms with Crippen LogP contribution in [0.3, 0.4) is 0 Å². The molecule has 4 nitrogen and oxygen atoms in total. The molecule has 110 valence electrons. The lowest BCUT2D eigenvalue weighted by Crippen LogP contribution is -2.07. The van der Waals surface area contributed by atoms with Gasteiger partial charge in [0.2, 0.25) is 5.82 Å². The Labute approximate surface area is 126 Å². The number of nitrogens with one attached hydrogen (secondary N) is 2. The molecular weight excluding hydrogens is 325 g/mol. The Hall–Kier alpha value is -1.80. The molecule has 9 heteroatoms. The molecule has 3 aromatic rings. The summed E-state index contributed by atoms with van der Waals surface area (Å²) in [6, 6.07) is 4.88. The number of anilines is 1. The van der Waals surface area contributed by atoms with Crippen LogP contribution in [0.1, 0.15) is 10.7 Å². The first-order valence-electron chi connectivity index (χ1n) is 5.83. The van der Waals surface area contributed by atoms with Crippen LogP contribution >= 0.6 is 22.9 Å². The highest BCUT2D eigenvalue weighted by Gasteiger charge is 2.35. The van der Waals surface area contributed by atoms with Gasteiger partial charge >= 0.3 is 6.18 Å². The molecule has 0 amide bonds. The van der Waals surface area contributed by atoms with Crippen molar-refractivity contribution in [3.8, 4) is 0 Å². The van der Waals surface area contributed by atoms with Crippen molar-refractivity contribution in [3.63, 3.8) is 0 Å². The van der Waals surface area contributed by atoms with Gasteiger partial charge in [-0.05, 0) is 12.1 Å². The van der Waals surface area contributed by atoms with Crippen LogP contribution < -0.4 is 5.32 Å². The number of rotatable bonds is 3. The summed E-state index contributed by atoms with van der Waals surface area (Å²) in [5.74, 6) is -1.01. The van der Waals surface area contributed by atoms with Crippen molar-refractivity contribution in [2.45, 2.75) is 12.7 Å². The minimum absolute atomic E-state index is 0.250. The molecule has 0 aliphatic rings. The van der Waals surface area contributed by atoms with Gasteiger partial charge in [0.05, 0.1) is 17.7 Å². The smallest absolute Gasteiger partial charge is 0.378 e. The number of fused-ring (bicyclic) bond motifs is 1. The van der Waals surface area contributed by atoms with Gasteiger partial charge in [-0.1, -0.05) is 17.7 Å². The van der Waals surface area contributed by atoms with Crippen molar-refractivity contribution in [3.05, 3.63) is 39.6 Å². The molecule has 0 spiro atoms. The zero-order valence-corrected chi connectivity index (χ0v) is 11.9. The second kappa shape index (κ2) is 5.19. The van der Waals surface area contributed by atoms with Gasteiger partial charge in [0.25, 0.3) is 0 Å². The van der Waals surface area contributed by atoms with E-state index >= 15 is 0 Å². The lowest BCUT2D eigenvalue weighted by molar-refractivity contribution is -0.144. The van der Waals surface area contributed by atoms with Crippen LogP contribution in [0, 0.1) is 0 Å². The number of hydrogen-bond acceptors (Lipinski definition) is 4. The second-order valence-corrected chi connectivity index (χ2v) is 5.92. The van der Waals surface area contributed by atoms with E-state index in [1.165, 1.54) is 11.3 Å². The lowest BCUT2D eigenvalue weighted by atomic mass is 10.2. The third-order valence-corrected chi connectivity index (χ3v) is 3.87. The van der Waals surface area contributed by atoms with Crippen molar-refractivity contribution in [2.24, 2.45) is 0 Å². The molecule has 0 saturated heterocycles. The molecule has 0 unspecified atom stereocenters. The standard InChI is InChI=1S/C12H8ClF3N4S/c13-11-18-5-6(21-11)4-17-7-2-1-3-8-9(7)20-10(19-8)12(14,15)16/h1-3,5,17H,4H2,(H,19,20). The summed E-state index contributed by atoms with van der Waals surface area (Å²) in [6.07, 6.45) is -2.88. The van der Waals surface area contributed by atoms with E-state index in [0.29, 0.717) is 22.2 Å². The van der Waals surface area contributed by atoms with Crippen LogP contribution in [0.2, 0.25) is 4.47 Å². The Morgan fingerprint density at radius 1 is 1.33 bits per heavy atom. The van der Waals surface area contributed by atoms with Gasteiger partial charge in [-0.15, -0.1) is 11.3 Å². The Kier molecular flexibility index (Phi) is 3.50. The molecule has 2 aromatic heterocycles. The van der Waals surface area contributed by atoms with Gasteiger partial charge in [0, 0.05) is 11.1 Å². The predicted octanol–water partition coefficient (Wildman–Crippen LogP) is 4.30. The largest absolute Gasteiger partial charge is 0.449 e. The number of benzene rings is 1. The number of imidazole rings is 1. The van der Waals surface area contributed by atoms with E-state index < -0.39 is 12.0 Å². The normalized spacial score (nSPS) is 12.0. The Bertz CT molecular complexity index is 780. The van der Waals surface area contributed by atoms with Crippen molar-refractivity contribution in [1.29, 1.82) is 0 Å². The average Bonchev–Trinajstić information content (AvgIpc) is 3.01. The van der Waals surface area contributed by atoms with Gasteiger partial charge in [0.1, 0.15) is 5.52 Å². The summed E-state index contributed by atoms with van der Waals surface area (Å²) in [5.41, 5.74) is 1.10. The minimum Gasteiger partial charge on any atom is -0.378 e. The van der Waals surface area contributed by atoms with Crippen LogP contribution in [0.25, 0.3) is 11.0 Å². The molecule has 0 atom stereocenters. The summed E-state index contributed by atoms with van der Waals surface area (Å²) in [7, 11) is 0. The molecule has 21 heavy (non-hydrogen) atoms. The van der Waals surface area contributed by atoms with Gasteiger partial charge in [-0.25, -0.2) is 9.97 Å². The molecule has 0 saturated carbocycles. The fraction of sp³-hybridized carbons (Fsp3) is 0.167. The van der Waals surface area contributed by atoms with Gasteiger partial charge < -0.3 is 10.3 Å². The number of halogens is 4. The number of hydrogen-bond donors (Lipinski definition) is 2. The Balaban J connectivity index is 1.89. The fourth-order valence-electron chi connectivity index (χ4n) is 1.86. The van der Waals surface area contributed by atoms with E-state index in [9.17, 15) is 13.2 Å². The van der Waals surface area contributed by atoms with Gasteiger partial charge in [-0.3, -0.25) is 0 Å². The van der Waals surface area contributed by atoms with Crippen molar-refractivity contribution in [2.75, 3.05) is 5.32 Å². The van der Waals surface area contributed by atoms with E-state index in [0.717, 1.165) is 4.88 Å². The summed E-state index contributed by atoms with van der Waals surface area (Å²) >= 11 is 7.03. The molecule has 3 rings (SSSR count). The fourth-order valence-corrected chi connectivity index (χ4v) is 2.77. The summed E-state index contributed by atoms with van der Waals surface area (Å²) in [4.78, 5) is 10.7. The second-order valence-electron chi connectivity index (χ2n) is 4.22. The van der Waals surface area contributed by atoms with E-state index in [2.05, 4.69) is 20.3 Å². The monoisotopic (exact) mass is 332 g/mol. The number of H-pyrrole nitrogens is 1. The van der Waals surface area contributed by atoms with Crippen molar-refractivity contribution in [1.82, 2.24) is 15.0 Å². The quantitative estimate of drug-likeness (QED) is 0.751. The SMILES string of the molecule is FC(F)(F)c1nc2c(NCc3cnc(Cl)s3)cccc2[nH]1. The summed E-state index contributed by atoms with van der Waals surface area (Å²) in [6.45, 7) is 0.414. The highest BCUT2D eigenvalue weighted by Crippen LogP contribution is 2.31. The molecule has 0 fully saturated rings. The molecule has 1 aromatic carbocycles. The molecule has 0 bridgehead atoms. The Morgan fingerprint density at radius 2 is 2.14 bits per heavy atom. The third kappa shape index (κ3) is 2.96. The van der Waals surface area contributed by atoms with E-state index in [4.69, 9.17) is 11.6 Å². The van der Waals surface area contributed by atoms with Crippen molar-refractivity contribution >= 4 is 39.7 Å². The maximum absolute atomic E-state index is 12.7. The maximum atomic E-state index is 12.7. The zero-order valence-electron chi connectivity index (χ0n) is 10.3. The van der Waals surface area contributed by atoms with Crippen LogP contribution in [0.4, 0.5) is 18.9 Å². The minimum atomic E-state index is -4.50. The van der Waals surface area contributed by atoms with E-state index in [1.54, 1.807) is 24.4 Å². The Morgan fingerprint density at radius 3 is 2.81 bits per heavy atom. The lowest BCUT2D eigenvalue weighted by Gasteiger charge is -2.04. The highest BCUT2D eigenvalue weighted by atomic mass is 35.5. The third-order valence-electron chi connectivity index (χ3n) is 2.76. The number of alkyl halides is 3. The first kappa shape index (κ1) is 14.2. The van der Waals surface area contributed by atoms with Gasteiger partial charge in [-0.2, -0.15) is 13.2 Å². The van der Waals surface area contributed by atoms with E-state index in [1.807, 2.05) is 0 Å². The number of nitrogens with zero attached hydrogens (tertiary/aromatic N) is 2. The van der Waals surface area contributed by atoms with Gasteiger partial charge in [0.15, 0.2) is 4.47 Å². The first-order chi connectivity index (χ1) is 9.93. The van der Waals surface area contributed by atoms with Crippen LogP contribution in [-0.4, -0.2) is 15.0 Å². The highest BCUT2D eigenvalue weighted by molar-refractivity contribution is 7.15. The number of thiazole rings is 1. The summed E-state index contributed by atoms with van der Waals surface area (Å²) < 4.78 is 38.4. The summed E-state index contributed by atoms with van der Waals surface area (Å²) in [5, 5.41) is 3.04. The zero-order chi connectivity index (χ0) is 15.0. The molecule has 0 radical (unpaired) electrons. The number of aromatic amines is 1. The van der Waals surface area contributed by atoms with Crippen LogP contribution in [0.15, 0.2) is 24.4 Å². The van der Waals surface area contributed by atoms with Crippen molar-refractivity contribution < 1.29 is 13.2 Å². The maximum Gasteiger partial charge on any atom is 0.449 e. The molecule has 2 heterocycles. The number of para-hydroxylation sites is 1. The van der Waals surface area contributed by atoms with Crippen LogP contribution in [0.5, 0.6) is 0 Å². The first-order valence-corrected chi connectivity index (χ1v) is 7.03. The molecular formula is C12H8ClF3N4S. The number of aromatic nitrogens is 3. The predicted molar refractivity (Wildman–Crippen MR) is 75.5 cm³/mol. The average molecular weight is 333 g/mol. The van der Waals surface area contributed by atoms with E-state index in [-0.39, 0.29) is 5.52 Å². The molecule has 0 aliphatic carbocycles. The molecule has 2 N–H and O–H groups in total.